The molecule has 3 rings (SSSR count). The molecule has 17 heavy (non-hydrogen) atoms. The molecule has 0 aromatic rings. The maximum absolute atomic E-state index is 5.38. The van der Waals surface area contributed by atoms with Crippen LogP contribution in [0.3, 0.4) is 0 Å². The van der Waals surface area contributed by atoms with Crippen LogP contribution in [0.4, 0.5) is 0 Å². The maximum Gasteiger partial charge on any atom is 0.0601 e. The van der Waals surface area contributed by atoms with Gasteiger partial charge in [0.15, 0.2) is 0 Å². The van der Waals surface area contributed by atoms with Crippen LogP contribution in [-0.2, 0) is 4.74 Å². The smallest absolute Gasteiger partial charge is 0.0601 e. The van der Waals surface area contributed by atoms with Gasteiger partial charge in [0.1, 0.15) is 0 Å². The van der Waals surface area contributed by atoms with E-state index in [1.807, 2.05) is 7.11 Å². The first-order valence-electron chi connectivity index (χ1n) is 7.29. The second-order valence-electron chi connectivity index (χ2n) is 6.27. The Morgan fingerprint density at radius 1 is 1.06 bits per heavy atom. The molecule has 2 saturated heterocycles. The van der Waals surface area contributed by atoms with Crippen LogP contribution in [0.25, 0.3) is 0 Å². The van der Waals surface area contributed by atoms with Gasteiger partial charge in [0.05, 0.1) is 6.10 Å². The molecule has 0 bridgehead atoms. The molecule has 3 fully saturated rings. The molecule has 0 aromatic carbocycles. The van der Waals surface area contributed by atoms with Crippen molar-refractivity contribution in [1.82, 2.24) is 10.2 Å². The van der Waals surface area contributed by atoms with Crippen LogP contribution in [0, 0.1) is 5.41 Å². The first-order chi connectivity index (χ1) is 8.31. The normalized spacial score (nSPS) is 37.9. The summed E-state index contributed by atoms with van der Waals surface area (Å²) in [6.45, 7) is 5.16. The summed E-state index contributed by atoms with van der Waals surface area (Å²) in [7, 11) is 1.85. The molecule has 0 amide bonds. The van der Waals surface area contributed by atoms with Gasteiger partial charge in [-0.3, -0.25) is 0 Å². The van der Waals surface area contributed by atoms with E-state index < -0.39 is 0 Å². The lowest BCUT2D eigenvalue weighted by atomic mass is 9.71. The van der Waals surface area contributed by atoms with Crippen LogP contribution in [0.15, 0.2) is 0 Å². The average Bonchev–Trinajstić information content (AvgIpc) is 2.32. The number of nitrogens with zero attached hydrogens (tertiary/aromatic N) is 1. The van der Waals surface area contributed by atoms with E-state index in [2.05, 4.69) is 10.2 Å². The van der Waals surface area contributed by atoms with Crippen LogP contribution in [-0.4, -0.2) is 50.3 Å². The molecular formula is C14H26N2O. The second-order valence-corrected chi connectivity index (χ2v) is 6.27. The van der Waals surface area contributed by atoms with E-state index in [0.717, 1.165) is 6.04 Å². The minimum atomic E-state index is 0.551. The third kappa shape index (κ3) is 2.38. The minimum Gasteiger partial charge on any atom is -0.381 e. The number of rotatable bonds is 2. The summed E-state index contributed by atoms with van der Waals surface area (Å²) in [6.07, 6.45) is 8.77. The Morgan fingerprint density at radius 2 is 1.71 bits per heavy atom. The summed E-state index contributed by atoms with van der Waals surface area (Å²) in [4.78, 5) is 2.73. The van der Waals surface area contributed by atoms with Gasteiger partial charge in [-0.05, 0) is 70.1 Å². The molecular weight excluding hydrogens is 212 g/mol. The van der Waals surface area contributed by atoms with E-state index in [1.165, 1.54) is 64.7 Å². The number of hydrogen-bond acceptors (Lipinski definition) is 3. The lowest BCUT2D eigenvalue weighted by Crippen LogP contribution is -2.53. The minimum absolute atomic E-state index is 0.551. The molecule has 1 aliphatic carbocycles. The topological polar surface area (TPSA) is 24.5 Å². The number of likely N-dealkylation sites (tertiary alicyclic amines) is 1. The number of ether oxygens (including phenoxy) is 1. The van der Waals surface area contributed by atoms with Crippen LogP contribution >= 0.6 is 0 Å². The molecule has 2 heterocycles. The Balaban J connectivity index is 1.47. The standard InChI is InChI=1S/C14H26N2O/c1-17-13-10-12(11-13)16-8-4-14(5-9-16)2-6-15-7-3-14/h12-13,15H,2-11H2,1H3. The Kier molecular flexibility index (Phi) is 3.42. The van der Waals surface area contributed by atoms with Gasteiger partial charge in [0.2, 0.25) is 0 Å². The largest absolute Gasteiger partial charge is 0.381 e. The van der Waals surface area contributed by atoms with E-state index in [0.29, 0.717) is 11.5 Å². The molecule has 0 unspecified atom stereocenters. The highest BCUT2D eigenvalue weighted by atomic mass is 16.5. The Hall–Kier alpha value is -0.120. The van der Waals surface area contributed by atoms with Crippen molar-refractivity contribution >= 4 is 0 Å². The van der Waals surface area contributed by atoms with Crippen molar-refractivity contribution in [2.24, 2.45) is 5.41 Å². The zero-order valence-electron chi connectivity index (χ0n) is 11.1. The van der Waals surface area contributed by atoms with Crippen LogP contribution < -0.4 is 5.32 Å². The molecule has 0 radical (unpaired) electrons. The fourth-order valence-electron chi connectivity index (χ4n) is 3.85. The predicted molar refractivity (Wildman–Crippen MR) is 69.2 cm³/mol. The van der Waals surface area contributed by atoms with Gasteiger partial charge in [-0.2, -0.15) is 0 Å². The predicted octanol–water partition coefficient (Wildman–Crippen LogP) is 1.63. The number of nitrogens with one attached hydrogen (secondary N) is 1. The Labute approximate surface area is 105 Å². The fourth-order valence-corrected chi connectivity index (χ4v) is 3.85. The first-order valence-corrected chi connectivity index (χ1v) is 7.29. The molecule has 0 aromatic heterocycles. The highest BCUT2D eigenvalue weighted by molar-refractivity contribution is 4.94. The molecule has 1 N–H and O–H groups in total. The van der Waals surface area contributed by atoms with Crippen molar-refractivity contribution in [3.63, 3.8) is 0 Å². The van der Waals surface area contributed by atoms with Crippen molar-refractivity contribution in [3.05, 3.63) is 0 Å². The molecule has 2 aliphatic heterocycles. The highest BCUT2D eigenvalue weighted by Crippen LogP contribution is 2.41. The molecule has 1 spiro atoms. The first kappa shape index (κ1) is 11.9. The summed E-state index contributed by atoms with van der Waals surface area (Å²) in [5, 5.41) is 3.50. The Morgan fingerprint density at radius 3 is 2.29 bits per heavy atom. The van der Waals surface area contributed by atoms with Crippen molar-refractivity contribution in [3.8, 4) is 0 Å². The van der Waals surface area contributed by atoms with E-state index in [1.54, 1.807) is 0 Å². The summed E-state index contributed by atoms with van der Waals surface area (Å²) >= 11 is 0. The third-order valence-electron chi connectivity index (χ3n) is 5.44. The van der Waals surface area contributed by atoms with E-state index in [4.69, 9.17) is 4.74 Å². The number of methoxy groups -OCH3 is 1. The third-order valence-corrected chi connectivity index (χ3v) is 5.44. The Bertz CT molecular complexity index is 247. The van der Waals surface area contributed by atoms with E-state index in [9.17, 15) is 0 Å². The molecule has 3 aliphatic rings. The molecule has 98 valence electrons. The molecule has 3 nitrogen and oxygen atoms in total. The van der Waals surface area contributed by atoms with E-state index >= 15 is 0 Å². The number of hydrogen-bond donors (Lipinski definition) is 1. The van der Waals surface area contributed by atoms with Gasteiger partial charge < -0.3 is 15.0 Å². The lowest BCUT2D eigenvalue weighted by molar-refractivity contribution is -0.0487. The average molecular weight is 238 g/mol. The zero-order chi connectivity index (χ0) is 11.7. The fraction of sp³-hybridized carbons (Fsp3) is 1.00. The van der Waals surface area contributed by atoms with Crippen molar-refractivity contribution in [1.29, 1.82) is 0 Å². The van der Waals surface area contributed by atoms with Gasteiger partial charge in [-0.25, -0.2) is 0 Å². The summed E-state index contributed by atoms with van der Waals surface area (Å²) in [5.41, 5.74) is 0.701. The summed E-state index contributed by atoms with van der Waals surface area (Å²) in [6, 6.07) is 0.832. The monoisotopic (exact) mass is 238 g/mol. The molecule has 0 atom stereocenters. The van der Waals surface area contributed by atoms with Crippen LogP contribution in [0.1, 0.15) is 38.5 Å². The van der Waals surface area contributed by atoms with Gasteiger partial charge >= 0.3 is 0 Å². The van der Waals surface area contributed by atoms with Crippen LogP contribution in [0.5, 0.6) is 0 Å². The van der Waals surface area contributed by atoms with Crippen molar-refractivity contribution in [2.75, 3.05) is 33.3 Å². The second kappa shape index (κ2) is 4.87. The summed E-state index contributed by atoms with van der Waals surface area (Å²) < 4.78 is 5.38. The van der Waals surface area contributed by atoms with Crippen molar-refractivity contribution < 1.29 is 4.74 Å². The lowest BCUT2D eigenvalue weighted by Gasteiger charge is -2.50. The SMILES string of the molecule is COC1CC(N2CCC3(CCNCC3)CC2)C1. The molecule has 3 heteroatoms. The van der Waals surface area contributed by atoms with Gasteiger partial charge in [-0.1, -0.05) is 0 Å². The van der Waals surface area contributed by atoms with Gasteiger partial charge in [-0.15, -0.1) is 0 Å². The zero-order valence-corrected chi connectivity index (χ0v) is 11.1. The summed E-state index contributed by atoms with van der Waals surface area (Å²) in [5.74, 6) is 0. The molecule has 1 saturated carbocycles. The van der Waals surface area contributed by atoms with E-state index in [-0.39, 0.29) is 0 Å². The highest BCUT2D eigenvalue weighted by Gasteiger charge is 2.40. The number of piperidine rings is 2. The van der Waals surface area contributed by atoms with Crippen molar-refractivity contribution in [2.45, 2.75) is 50.7 Å². The maximum atomic E-state index is 5.38. The quantitative estimate of drug-likeness (QED) is 0.791. The van der Waals surface area contributed by atoms with Gasteiger partial charge in [0.25, 0.3) is 0 Å². The van der Waals surface area contributed by atoms with Gasteiger partial charge in [0, 0.05) is 13.2 Å². The van der Waals surface area contributed by atoms with Crippen LogP contribution in [0.2, 0.25) is 0 Å².